The molecule has 0 saturated carbocycles. The van der Waals surface area contributed by atoms with Gasteiger partial charge in [-0.25, -0.2) is 4.98 Å². The molecule has 2 atom stereocenters. The zero-order valence-corrected chi connectivity index (χ0v) is 17.1. The van der Waals surface area contributed by atoms with Crippen molar-refractivity contribution in [1.82, 2.24) is 25.5 Å². The van der Waals surface area contributed by atoms with Gasteiger partial charge in [0.05, 0.1) is 5.52 Å². The van der Waals surface area contributed by atoms with Gasteiger partial charge >= 0.3 is 0 Å². The average Bonchev–Trinajstić information content (AvgIpc) is 3.31. The van der Waals surface area contributed by atoms with Crippen LogP contribution >= 0.6 is 0 Å². The number of carbonyl (C=O) groups is 1. The van der Waals surface area contributed by atoms with E-state index in [9.17, 15) is 4.79 Å². The standard InChI is InChI=1S/C22H27N5O3/c1-2-30-22(18(13-20-24-14-25-27-20)15-7-10-29-11-8-15)26-21(28)17-6-5-16-4-3-9-23-19(16)12-17/h3-6,9,12,14-15,18,22H,2,7-8,10-11,13H2,1H3,(H,26,28)(H,24,25,27). The summed E-state index contributed by atoms with van der Waals surface area (Å²) < 4.78 is 11.6. The van der Waals surface area contributed by atoms with Crippen LogP contribution < -0.4 is 5.32 Å². The summed E-state index contributed by atoms with van der Waals surface area (Å²) >= 11 is 0. The lowest BCUT2D eigenvalue weighted by Crippen LogP contribution is -2.47. The number of pyridine rings is 1. The van der Waals surface area contributed by atoms with Crippen molar-refractivity contribution in [3.63, 3.8) is 0 Å². The van der Waals surface area contributed by atoms with Gasteiger partial charge in [0.25, 0.3) is 5.91 Å². The highest BCUT2D eigenvalue weighted by atomic mass is 16.5. The highest BCUT2D eigenvalue weighted by Crippen LogP contribution is 2.29. The van der Waals surface area contributed by atoms with Gasteiger partial charge in [0, 0.05) is 49.3 Å². The number of nitrogens with zero attached hydrogens (tertiary/aromatic N) is 3. The molecule has 1 aromatic carbocycles. The Labute approximate surface area is 175 Å². The number of aromatic amines is 1. The van der Waals surface area contributed by atoms with E-state index in [1.807, 2.05) is 37.3 Å². The Kier molecular flexibility index (Phi) is 6.66. The number of H-pyrrole nitrogens is 1. The van der Waals surface area contributed by atoms with Crippen LogP contribution in [0.4, 0.5) is 0 Å². The maximum atomic E-state index is 13.1. The number of carbonyl (C=O) groups excluding carboxylic acids is 1. The molecule has 1 fully saturated rings. The third-order valence-corrected chi connectivity index (χ3v) is 5.64. The molecule has 3 aromatic rings. The summed E-state index contributed by atoms with van der Waals surface area (Å²) in [4.78, 5) is 21.7. The predicted octanol–water partition coefficient (Wildman–Crippen LogP) is 2.73. The maximum Gasteiger partial charge on any atom is 0.253 e. The first kappa shape index (κ1) is 20.4. The molecule has 8 nitrogen and oxygen atoms in total. The van der Waals surface area contributed by atoms with Crippen LogP contribution in [0.1, 0.15) is 35.9 Å². The van der Waals surface area contributed by atoms with Crippen molar-refractivity contribution < 1.29 is 14.3 Å². The SMILES string of the molecule is CCOC(NC(=O)c1ccc2cccnc2c1)C(Cc1ncn[nH]1)C1CCOCC1. The summed E-state index contributed by atoms with van der Waals surface area (Å²) in [5.41, 5.74) is 1.36. The summed E-state index contributed by atoms with van der Waals surface area (Å²) in [7, 11) is 0. The molecule has 2 aromatic heterocycles. The van der Waals surface area contributed by atoms with E-state index < -0.39 is 6.23 Å². The van der Waals surface area contributed by atoms with Crippen molar-refractivity contribution in [2.75, 3.05) is 19.8 Å². The van der Waals surface area contributed by atoms with E-state index >= 15 is 0 Å². The van der Waals surface area contributed by atoms with Crippen LogP contribution in [-0.4, -0.2) is 52.1 Å². The number of hydrogen-bond donors (Lipinski definition) is 2. The van der Waals surface area contributed by atoms with E-state index in [0.29, 0.717) is 24.5 Å². The molecule has 1 aliphatic rings. The van der Waals surface area contributed by atoms with E-state index in [4.69, 9.17) is 9.47 Å². The molecule has 3 heterocycles. The Morgan fingerprint density at radius 3 is 2.93 bits per heavy atom. The highest BCUT2D eigenvalue weighted by Gasteiger charge is 2.33. The van der Waals surface area contributed by atoms with Crippen molar-refractivity contribution in [2.45, 2.75) is 32.4 Å². The maximum absolute atomic E-state index is 13.1. The minimum Gasteiger partial charge on any atom is -0.381 e. The van der Waals surface area contributed by atoms with Gasteiger partial charge in [0.2, 0.25) is 0 Å². The fraction of sp³-hybridized carbons (Fsp3) is 0.455. The van der Waals surface area contributed by atoms with Gasteiger partial charge in [-0.15, -0.1) is 0 Å². The van der Waals surface area contributed by atoms with Gasteiger partial charge < -0.3 is 14.8 Å². The van der Waals surface area contributed by atoms with Crippen LogP contribution in [0.15, 0.2) is 42.9 Å². The second-order valence-corrected chi connectivity index (χ2v) is 7.51. The third kappa shape index (κ3) is 4.83. The highest BCUT2D eigenvalue weighted by molar-refractivity contribution is 5.97. The molecule has 4 rings (SSSR count). The normalized spacial score (nSPS) is 17.0. The number of benzene rings is 1. The van der Waals surface area contributed by atoms with Crippen LogP contribution in [0.25, 0.3) is 10.9 Å². The number of rotatable bonds is 8. The Morgan fingerprint density at radius 2 is 2.17 bits per heavy atom. The molecule has 1 aliphatic heterocycles. The van der Waals surface area contributed by atoms with Crippen molar-refractivity contribution in [3.05, 3.63) is 54.2 Å². The monoisotopic (exact) mass is 409 g/mol. The number of nitrogens with one attached hydrogen (secondary N) is 2. The summed E-state index contributed by atoms with van der Waals surface area (Å²) in [6.07, 6.45) is 5.30. The molecule has 1 amide bonds. The van der Waals surface area contributed by atoms with E-state index in [-0.39, 0.29) is 11.8 Å². The number of ether oxygens (including phenoxy) is 2. The first-order valence-corrected chi connectivity index (χ1v) is 10.4. The van der Waals surface area contributed by atoms with Crippen LogP contribution in [0.3, 0.4) is 0 Å². The molecular weight excluding hydrogens is 382 g/mol. The minimum atomic E-state index is -0.435. The molecule has 2 N–H and O–H groups in total. The molecule has 2 unspecified atom stereocenters. The van der Waals surface area contributed by atoms with Crippen molar-refractivity contribution in [3.8, 4) is 0 Å². The van der Waals surface area contributed by atoms with Crippen molar-refractivity contribution in [2.24, 2.45) is 11.8 Å². The molecule has 0 spiro atoms. The summed E-state index contributed by atoms with van der Waals surface area (Å²) in [6, 6.07) is 9.41. The molecule has 158 valence electrons. The molecule has 8 heteroatoms. The zero-order chi connectivity index (χ0) is 20.8. The average molecular weight is 409 g/mol. The lowest BCUT2D eigenvalue weighted by Gasteiger charge is -2.35. The lowest BCUT2D eigenvalue weighted by molar-refractivity contribution is -0.0432. The molecule has 0 bridgehead atoms. The topological polar surface area (TPSA) is 102 Å². The smallest absolute Gasteiger partial charge is 0.253 e. The van der Waals surface area contributed by atoms with Gasteiger partial charge in [-0.05, 0) is 43.9 Å². The van der Waals surface area contributed by atoms with E-state index in [1.54, 1.807) is 6.20 Å². The fourth-order valence-corrected chi connectivity index (χ4v) is 4.09. The predicted molar refractivity (Wildman–Crippen MR) is 112 cm³/mol. The third-order valence-electron chi connectivity index (χ3n) is 5.64. The fourth-order valence-electron chi connectivity index (χ4n) is 4.09. The van der Waals surface area contributed by atoms with Crippen LogP contribution in [0, 0.1) is 11.8 Å². The summed E-state index contributed by atoms with van der Waals surface area (Å²) in [6.45, 7) is 3.89. The Bertz CT molecular complexity index is 956. The van der Waals surface area contributed by atoms with E-state index in [2.05, 4.69) is 25.5 Å². The Balaban J connectivity index is 1.56. The number of amides is 1. The first-order valence-electron chi connectivity index (χ1n) is 10.4. The molecule has 0 radical (unpaired) electrons. The first-order chi connectivity index (χ1) is 14.7. The molecular formula is C22H27N5O3. The Morgan fingerprint density at radius 1 is 1.30 bits per heavy atom. The van der Waals surface area contributed by atoms with Gasteiger partial charge in [-0.3, -0.25) is 14.9 Å². The lowest BCUT2D eigenvalue weighted by atomic mass is 9.82. The van der Waals surface area contributed by atoms with Crippen LogP contribution in [-0.2, 0) is 15.9 Å². The zero-order valence-electron chi connectivity index (χ0n) is 17.1. The van der Waals surface area contributed by atoms with Gasteiger partial charge in [-0.1, -0.05) is 12.1 Å². The number of hydrogen-bond acceptors (Lipinski definition) is 6. The van der Waals surface area contributed by atoms with Gasteiger partial charge in [-0.2, -0.15) is 5.10 Å². The van der Waals surface area contributed by atoms with Gasteiger partial charge in [0.1, 0.15) is 18.4 Å². The van der Waals surface area contributed by atoms with Gasteiger partial charge in [0.15, 0.2) is 0 Å². The number of aromatic nitrogens is 4. The largest absolute Gasteiger partial charge is 0.381 e. The minimum absolute atomic E-state index is 0.0596. The number of fused-ring (bicyclic) bond motifs is 1. The molecule has 1 saturated heterocycles. The quantitative estimate of drug-likeness (QED) is 0.555. The van der Waals surface area contributed by atoms with Crippen molar-refractivity contribution in [1.29, 1.82) is 0 Å². The van der Waals surface area contributed by atoms with Crippen LogP contribution in [0.5, 0.6) is 0 Å². The van der Waals surface area contributed by atoms with E-state index in [0.717, 1.165) is 42.8 Å². The van der Waals surface area contributed by atoms with Crippen LogP contribution in [0.2, 0.25) is 0 Å². The molecule has 0 aliphatic carbocycles. The summed E-state index contributed by atoms with van der Waals surface area (Å²) in [5, 5.41) is 11.0. The van der Waals surface area contributed by atoms with Crippen molar-refractivity contribution >= 4 is 16.8 Å². The molecule has 30 heavy (non-hydrogen) atoms. The van der Waals surface area contributed by atoms with E-state index in [1.165, 1.54) is 6.33 Å². The summed E-state index contributed by atoms with van der Waals surface area (Å²) in [5.74, 6) is 1.04. The Hall–Kier alpha value is -2.84. The second kappa shape index (κ2) is 9.77. The second-order valence-electron chi connectivity index (χ2n) is 7.51.